The van der Waals surface area contributed by atoms with Gasteiger partial charge in [0.2, 0.25) is 0 Å². The van der Waals surface area contributed by atoms with Crippen LogP contribution in [0.5, 0.6) is 5.75 Å². The molecule has 3 rings (SSSR count). The number of carbonyl (C=O) groups excluding carboxylic acids is 1. The second-order valence-electron chi connectivity index (χ2n) is 5.65. The number of rotatable bonds is 3. The predicted molar refractivity (Wildman–Crippen MR) is 87.1 cm³/mol. The first kappa shape index (κ1) is 14.6. The predicted octanol–water partition coefficient (Wildman–Crippen LogP) is 4.06. The van der Waals surface area contributed by atoms with E-state index in [-0.39, 0.29) is 11.9 Å². The Kier molecular flexibility index (Phi) is 4.42. The summed E-state index contributed by atoms with van der Waals surface area (Å²) in [6.07, 6.45) is 3.26. The molecule has 1 fully saturated rings. The first-order valence-electron chi connectivity index (χ1n) is 7.79. The summed E-state index contributed by atoms with van der Waals surface area (Å²) < 4.78 is 5.22. The van der Waals surface area contributed by atoms with Crippen molar-refractivity contribution in [3.63, 3.8) is 0 Å². The zero-order valence-corrected chi connectivity index (χ0v) is 12.9. The summed E-state index contributed by atoms with van der Waals surface area (Å²) in [5, 5.41) is 0. The minimum absolute atomic E-state index is 0.126. The standard InChI is InChI=1S/C19H21NO2/c1-22-17-12-10-15(11-13-17)18-9-5-6-14-20(18)19(21)16-7-3-2-4-8-16/h2-4,7-8,10-13,18H,5-6,9,14H2,1H3/t18-/m1/s1. The van der Waals surface area contributed by atoms with Crippen LogP contribution in [0.15, 0.2) is 54.6 Å². The third-order valence-corrected chi connectivity index (χ3v) is 4.28. The van der Waals surface area contributed by atoms with E-state index in [9.17, 15) is 4.79 Å². The van der Waals surface area contributed by atoms with Crippen molar-refractivity contribution >= 4 is 5.91 Å². The molecule has 1 aliphatic heterocycles. The highest BCUT2D eigenvalue weighted by Crippen LogP contribution is 2.32. The molecule has 1 amide bonds. The Balaban J connectivity index is 1.86. The van der Waals surface area contributed by atoms with Crippen LogP contribution < -0.4 is 4.74 Å². The summed E-state index contributed by atoms with van der Waals surface area (Å²) in [7, 11) is 1.67. The SMILES string of the molecule is COc1ccc([C@H]2CCCCN2C(=O)c2ccccc2)cc1. The molecule has 0 saturated carbocycles. The maximum atomic E-state index is 12.8. The highest BCUT2D eigenvalue weighted by molar-refractivity contribution is 5.94. The first-order chi connectivity index (χ1) is 10.8. The van der Waals surface area contributed by atoms with Gasteiger partial charge >= 0.3 is 0 Å². The van der Waals surface area contributed by atoms with Crippen molar-refractivity contribution in [2.45, 2.75) is 25.3 Å². The number of methoxy groups -OCH3 is 1. The molecule has 0 N–H and O–H groups in total. The normalized spacial score (nSPS) is 18.0. The Labute approximate surface area is 131 Å². The van der Waals surface area contributed by atoms with E-state index in [4.69, 9.17) is 4.74 Å². The molecule has 0 aliphatic carbocycles. The molecule has 1 saturated heterocycles. The van der Waals surface area contributed by atoms with Crippen molar-refractivity contribution in [3.8, 4) is 5.75 Å². The van der Waals surface area contributed by atoms with Crippen molar-refractivity contribution in [1.82, 2.24) is 4.90 Å². The molecule has 0 spiro atoms. The number of carbonyl (C=O) groups is 1. The van der Waals surface area contributed by atoms with Crippen molar-refractivity contribution in [2.24, 2.45) is 0 Å². The maximum Gasteiger partial charge on any atom is 0.254 e. The molecule has 114 valence electrons. The largest absolute Gasteiger partial charge is 0.497 e. The van der Waals surface area contributed by atoms with Crippen molar-refractivity contribution in [2.75, 3.05) is 13.7 Å². The Bertz CT molecular complexity index is 622. The third-order valence-electron chi connectivity index (χ3n) is 4.28. The molecule has 0 unspecified atom stereocenters. The van der Waals surface area contributed by atoms with Gasteiger partial charge in [-0.1, -0.05) is 30.3 Å². The van der Waals surface area contributed by atoms with Crippen LogP contribution in [0.1, 0.15) is 41.2 Å². The highest BCUT2D eigenvalue weighted by Gasteiger charge is 2.28. The molecule has 22 heavy (non-hydrogen) atoms. The van der Waals surface area contributed by atoms with E-state index in [0.29, 0.717) is 0 Å². The van der Waals surface area contributed by atoms with E-state index in [1.54, 1.807) is 7.11 Å². The molecule has 1 heterocycles. The number of nitrogens with zero attached hydrogens (tertiary/aromatic N) is 1. The van der Waals surface area contributed by atoms with Gasteiger partial charge in [0.25, 0.3) is 5.91 Å². The monoisotopic (exact) mass is 295 g/mol. The van der Waals surface area contributed by atoms with Gasteiger partial charge in [0.15, 0.2) is 0 Å². The number of hydrogen-bond acceptors (Lipinski definition) is 2. The van der Waals surface area contributed by atoms with Gasteiger partial charge in [0.05, 0.1) is 13.2 Å². The summed E-state index contributed by atoms with van der Waals surface area (Å²) in [6, 6.07) is 17.8. The van der Waals surface area contributed by atoms with E-state index in [1.165, 1.54) is 5.56 Å². The molecular weight excluding hydrogens is 274 g/mol. The average molecular weight is 295 g/mol. The van der Waals surface area contributed by atoms with Gasteiger partial charge in [0, 0.05) is 12.1 Å². The second kappa shape index (κ2) is 6.65. The average Bonchev–Trinajstić information content (AvgIpc) is 2.62. The van der Waals surface area contributed by atoms with Crippen LogP contribution in [0.3, 0.4) is 0 Å². The van der Waals surface area contributed by atoms with Gasteiger partial charge in [-0.2, -0.15) is 0 Å². The molecule has 1 atom stereocenters. The third kappa shape index (κ3) is 2.98. The molecule has 0 aromatic heterocycles. The van der Waals surface area contributed by atoms with Crippen molar-refractivity contribution < 1.29 is 9.53 Å². The van der Waals surface area contributed by atoms with Crippen LogP contribution in [0, 0.1) is 0 Å². The number of amides is 1. The Hall–Kier alpha value is -2.29. The van der Waals surface area contributed by atoms with E-state index in [1.807, 2.05) is 47.4 Å². The van der Waals surface area contributed by atoms with E-state index in [2.05, 4.69) is 12.1 Å². The highest BCUT2D eigenvalue weighted by atomic mass is 16.5. The van der Waals surface area contributed by atoms with Gasteiger partial charge in [-0.3, -0.25) is 4.79 Å². The lowest BCUT2D eigenvalue weighted by molar-refractivity contribution is 0.0611. The van der Waals surface area contributed by atoms with Gasteiger partial charge in [-0.15, -0.1) is 0 Å². The van der Waals surface area contributed by atoms with Crippen LogP contribution in [0.25, 0.3) is 0 Å². The Morgan fingerprint density at radius 2 is 1.77 bits per heavy atom. The molecule has 0 bridgehead atoms. The molecule has 2 aromatic rings. The fourth-order valence-electron chi connectivity index (χ4n) is 3.09. The fourth-order valence-corrected chi connectivity index (χ4v) is 3.09. The topological polar surface area (TPSA) is 29.5 Å². The summed E-state index contributed by atoms with van der Waals surface area (Å²) in [4.78, 5) is 14.8. The molecule has 1 aliphatic rings. The zero-order chi connectivity index (χ0) is 15.4. The Morgan fingerprint density at radius 1 is 1.05 bits per heavy atom. The minimum atomic E-state index is 0.126. The summed E-state index contributed by atoms with van der Waals surface area (Å²) in [5.74, 6) is 0.974. The van der Waals surface area contributed by atoms with Crippen LogP contribution in [0.4, 0.5) is 0 Å². The van der Waals surface area contributed by atoms with E-state index in [0.717, 1.165) is 37.1 Å². The summed E-state index contributed by atoms with van der Waals surface area (Å²) in [5.41, 5.74) is 1.95. The zero-order valence-electron chi connectivity index (χ0n) is 12.9. The summed E-state index contributed by atoms with van der Waals surface area (Å²) in [6.45, 7) is 0.824. The van der Waals surface area contributed by atoms with Crippen LogP contribution in [-0.2, 0) is 0 Å². The van der Waals surface area contributed by atoms with Crippen molar-refractivity contribution in [1.29, 1.82) is 0 Å². The number of piperidine rings is 1. The first-order valence-corrected chi connectivity index (χ1v) is 7.79. The molecule has 2 aromatic carbocycles. The Morgan fingerprint density at radius 3 is 2.45 bits per heavy atom. The quantitative estimate of drug-likeness (QED) is 0.854. The molecule has 0 radical (unpaired) electrons. The van der Waals surface area contributed by atoms with Crippen LogP contribution in [-0.4, -0.2) is 24.5 Å². The maximum absolute atomic E-state index is 12.8. The number of benzene rings is 2. The van der Waals surface area contributed by atoms with Crippen LogP contribution >= 0.6 is 0 Å². The second-order valence-corrected chi connectivity index (χ2v) is 5.65. The van der Waals surface area contributed by atoms with Crippen LogP contribution in [0.2, 0.25) is 0 Å². The fraction of sp³-hybridized carbons (Fsp3) is 0.316. The summed E-state index contributed by atoms with van der Waals surface area (Å²) >= 11 is 0. The number of ether oxygens (including phenoxy) is 1. The van der Waals surface area contributed by atoms with Crippen molar-refractivity contribution in [3.05, 3.63) is 65.7 Å². The lowest BCUT2D eigenvalue weighted by Crippen LogP contribution is -2.38. The number of likely N-dealkylation sites (tertiary alicyclic amines) is 1. The minimum Gasteiger partial charge on any atom is -0.497 e. The van der Waals surface area contributed by atoms with Gasteiger partial charge in [0.1, 0.15) is 5.75 Å². The molecule has 3 nitrogen and oxygen atoms in total. The lowest BCUT2D eigenvalue weighted by atomic mass is 9.94. The van der Waals surface area contributed by atoms with Gasteiger partial charge in [-0.25, -0.2) is 0 Å². The van der Waals surface area contributed by atoms with E-state index >= 15 is 0 Å². The van der Waals surface area contributed by atoms with Gasteiger partial charge < -0.3 is 9.64 Å². The molecular formula is C19H21NO2. The molecule has 3 heteroatoms. The smallest absolute Gasteiger partial charge is 0.254 e. The lowest BCUT2D eigenvalue weighted by Gasteiger charge is -2.36. The number of hydrogen-bond donors (Lipinski definition) is 0. The van der Waals surface area contributed by atoms with Gasteiger partial charge in [-0.05, 0) is 49.1 Å². The van der Waals surface area contributed by atoms with E-state index < -0.39 is 0 Å².